The second-order valence-corrected chi connectivity index (χ2v) is 14.6. The molecule has 5 rings (SSSR count). The molecule has 5 saturated carbocycles. The van der Waals surface area contributed by atoms with Gasteiger partial charge in [-0.1, -0.05) is 53.7 Å². The van der Waals surface area contributed by atoms with Crippen LogP contribution in [0.5, 0.6) is 0 Å². The number of Topliss-reactive ketones (excluding diaryl/α,β-unsaturated/α-hetero) is 1. The largest absolute Gasteiger partial charge is 0.299 e. The van der Waals surface area contributed by atoms with Crippen molar-refractivity contribution in [1.29, 1.82) is 0 Å². The zero-order valence-corrected chi connectivity index (χ0v) is 22.3. The number of hydrogen-bond donors (Lipinski definition) is 0. The van der Waals surface area contributed by atoms with Crippen molar-refractivity contribution in [3.8, 4) is 0 Å². The molecule has 0 amide bonds. The molecule has 0 bridgehead atoms. The van der Waals surface area contributed by atoms with Crippen molar-refractivity contribution in [2.75, 3.05) is 0 Å². The van der Waals surface area contributed by atoms with Crippen molar-refractivity contribution < 1.29 is 4.79 Å². The molecule has 5 aliphatic rings. The van der Waals surface area contributed by atoms with Crippen molar-refractivity contribution in [2.45, 2.75) is 119 Å². The van der Waals surface area contributed by atoms with Crippen molar-refractivity contribution in [3.63, 3.8) is 0 Å². The van der Waals surface area contributed by atoms with E-state index in [0.717, 1.165) is 24.2 Å². The Morgan fingerprint density at radius 1 is 0.906 bits per heavy atom. The molecule has 0 aromatic carbocycles. The van der Waals surface area contributed by atoms with Crippen molar-refractivity contribution in [2.24, 2.45) is 56.7 Å². The van der Waals surface area contributed by atoms with E-state index in [-0.39, 0.29) is 5.41 Å². The van der Waals surface area contributed by atoms with Crippen LogP contribution in [-0.4, -0.2) is 5.78 Å². The van der Waals surface area contributed by atoms with Gasteiger partial charge in [0, 0.05) is 11.8 Å². The van der Waals surface area contributed by atoms with E-state index in [0.29, 0.717) is 39.3 Å². The summed E-state index contributed by atoms with van der Waals surface area (Å²) in [5, 5.41) is 0. The Kier molecular flexibility index (Phi) is 5.05. The third-order valence-electron chi connectivity index (χ3n) is 13.5. The van der Waals surface area contributed by atoms with Crippen molar-refractivity contribution in [1.82, 2.24) is 0 Å². The molecule has 1 nitrogen and oxygen atoms in total. The summed E-state index contributed by atoms with van der Waals surface area (Å²) in [6.07, 6.45) is 14.7. The van der Waals surface area contributed by atoms with Gasteiger partial charge in [0.1, 0.15) is 5.78 Å². The number of carbonyl (C=O) groups is 1. The van der Waals surface area contributed by atoms with Crippen LogP contribution >= 0.6 is 0 Å². The summed E-state index contributed by atoms with van der Waals surface area (Å²) in [4.78, 5) is 12.8. The van der Waals surface area contributed by atoms with E-state index < -0.39 is 0 Å². The van der Waals surface area contributed by atoms with Gasteiger partial charge in [-0.25, -0.2) is 0 Å². The summed E-state index contributed by atoms with van der Waals surface area (Å²) in [7, 11) is 0. The molecule has 180 valence electrons. The average Bonchev–Trinajstić information content (AvgIpc) is 3.31. The number of ketones is 1. The van der Waals surface area contributed by atoms with E-state index in [4.69, 9.17) is 0 Å². The van der Waals surface area contributed by atoms with Crippen LogP contribution in [0.25, 0.3) is 0 Å². The SMILES string of the molecule is C=C(C)[C@@H](C)CC[C@@H](C)[C@H]1CC[C@@]2(C)[C@@H]3CC[C@H]4C(C)(C)C(=O)CC[C@]45C[C@]35CC[C@]12C. The molecular formula is C31H50O. The molecule has 0 saturated heterocycles. The maximum Gasteiger partial charge on any atom is 0.138 e. The highest BCUT2D eigenvalue weighted by atomic mass is 16.1. The Labute approximate surface area is 198 Å². The van der Waals surface area contributed by atoms with E-state index in [9.17, 15) is 4.79 Å². The van der Waals surface area contributed by atoms with Crippen LogP contribution < -0.4 is 0 Å². The smallest absolute Gasteiger partial charge is 0.138 e. The van der Waals surface area contributed by atoms with Gasteiger partial charge in [0.05, 0.1) is 0 Å². The first-order valence-corrected chi connectivity index (χ1v) is 14.0. The van der Waals surface area contributed by atoms with Gasteiger partial charge >= 0.3 is 0 Å². The number of fused-ring (bicyclic) bond motifs is 2. The lowest BCUT2D eigenvalue weighted by atomic mass is 9.42. The summed E-state index contributed by atoms with van der Waals surface area (Å²) < 4.78 is 0. The molecule has 32 heavy (non-hydrogen) atoms. The Morgan fingerprint density at radius 2 is 1.56 bits per heavy atom. The van der Waals surface area contributed by atoms with Gasteiger partial charge in [-0.15, -0.1) is 0 Å². The third-order valence-corrected chi connectivity index (χ3v) is 13.5. The fourth-order valence-electron chi connectivity index (χ4n) is 11.1. The molecule has 0 N–H and O–H groups in total. The normalized spacial score (nSPS) is 50.5. The molecule has 0 aromatic heterocycles. The Hall–Kier alpha value is -0.590. The Balaban J connectivity index is 1.39. The van der Waals surface area contributed by atoms with Crippen LogP contribution in [0.3, 0.4) is 0 Å². The van der Waals surface area contributed by atoms with Crippen molar-refractivity contribution in [3.05, 3.63) is 12.2 Å². The van der Waals surface area contributed by atoms with Crippen LogP contribution in [0.4, 0.5) is 0 Å². The second-order valence-electron chi connectivity index (χ2n) is 14.6. The molecule has 9 atom stereocenters. The molecule has 0 radical (unpaired) electrons. The summed E-state index contributed by atoms with van der Waals surface area (Å²) in [5.74, 6) is 4.49. The molecule has 0 aliphatic heterocycles. The fourth-order valence-corrected chi connectivity index (χ4v) is 11.1. The van der Waals surface area contributed by atoms with Crippen LogP contribution in [0.15, 0.2) is 12.2 Å². The quantitative estimate of drug-likeness (QED) is 0.393. The van der Waals surface area contributed by atoms with Gasteiger partial charge in [0.2, 0.25) is 0 Å². The maximum absolute atomic E-state index is 12.8. The lowest BCUT2D eigenvalue weighted by Gasteiger charge is -2.62. The standard InChI is InChI=1S/C31H50O/c1-20(2)21(3)9-10-22(4)23-13-15-29(8)25-12-11-24-27(5,6)26(32)14-16-30(24)19-31(25,30)18-17-28(23,29)7/h21-25H,1,9-19H2,2-8H3/t21-,22+,23+,24-,25-,28+,29-,30-,31+/m0/s1. The molecule has 2 spiro atoms. The first-order chi connectivity index (χ1) is 14.9. The first kappa shape index (κ1) is 23.2. The average molecular weight is 439 g/mol. The van der Waals surface area contributed by atoms with Crippen molar-refractivity contribution >= 4 is 5.78 Å². The van der Waals surface area contributed by atoms with Crippen LogP contribution in [0.2, 0.25) is 0 Å². The van der Waals surface area contributed by atoms with E-state index in [1.807, 2.05) is 0 Å². The highest BCUT2D eigenvalue weighted by molar-refractivity contribution is 5.86. The molecule has 0 heterocycles. The topological polar surface area (TPSA) is 17.1 Å². The van der Waals surface area contributed by atoms with Crippen LogP contribution in [-0.2, 0) is 4.79 Å². The van der Waals surface area contributed by atoms with Crippen LogP contribution in [0, 0.1) is 56.7 Å². The van der Waals surface area contributed by atoms with Gasteiger partial charge in [-0.05, 0) is 122 Å². The van der Waals surface area contributed by atoms with E-state index in [1.54, 1.807) is 0 Å². The lowest BCUT2D eigenvalue weighted by Crippen LogP contribution is -2.57. The minimum absolute atomic E-state index is 0.0823. The van der Waals surface area contributed by atoms with E-state index in [2.05, 4.69) is 55.0 Å². The summed E-state index contributed by atoms with van der Waals surface area (Å²) in [5.41, 5.74) is 3.37. The first-order valence-electron chi connectivity index (χ1n) is 14.0. The van der Waals surface area contributed by atoms with E-state index >= 15 is 0 Å². The monoisotopic (exact) mass is 438 g/mol. The molecule has 5 aliphatic carbocycles. The van der Waals surface area contributed by atoms with Gasteiger partial charge in [-0.3, -0.25) is 4.79 Å². The Morgan fingerprint density at radius 3 is 2.25 bits per heavy atom. The summed E-state index contributed by atoms with van der Waals surface area (Å²) in [6, 6.07) is 0. The molecule has 0 unspecified atom stereocenters. The minimum Gasteiger partial charge on any atom is -0.299 e. The zero-order valence-electron chi connectivity index (χ0n) is 22.3. The van der Waals surface area contributed by atoms with Gasteiger partial charge in [-0.2, -0.15) is 0 Å². The second kappa shape index (κ2) is 6.97. The minimum atomic E-state index is -0.0823. The number of hydrogen-bond acceptors (Lipinski definition) is 1. The predicted octanol–water partition coefficient (Wildman–Crippen LogP) is 8.62. The van der Waals surface area contributed by atoms with Crippen LogP contribution in [0.1, 0.15) is 119 Å². The van der Waals surface area contributed by atoms with Gasteiger partial charge in [0.15, 0.2) is 0 Å². The maximum atomic E-state index is 12.8. The number of rotatable bonds is 5. The molecule has 0 aromatic rings. The molecule has 1 heteroatoms. The van der Waals surface area contributed by atoms with Gasteiger partial charge in [0.25, 0.3) is 0 Å². The zero-order chi connectivity index (χ0) is 23.3. The predicted molar refractivity (Wildman–Crippen MR) is 134 cm³/mol. The Bertz CT molecular complexity index is 822. The highest BCUT2D eigenvalue weighted by Crippen LogP contribution is 2.88. The summed E-state index contributed by atoms with van der Waals surface area (Å²) >= 11 is 0. The summed E-state index contributed by atoms with van der Waals surface area (Å²) in [6.45, 7) is 21.4. The number of carbonyl (C=O) groups excluding carboxylic acids is 1. The van der Waals surface area contributed by atoms with Gasteiger partial charge < -0.3 is 0 Å². The molecule has 5 fully saturated rings. The highest BCUT2D eigenvalue weighted by Gasteiger charge is 2.82. The fraction of sp³-hybridized carbons (Fsp3) is 0.903. The van der Waals surface area contributed by atoms with E-state index in [1.165, 1.54) is 69.8 Å². The third kappa shape index (κ3) is 2.66. The lowest BCUT2D eigenvalue weighted by molar-refractivity contribution is -0.157. The molecular weight excluding hydrogens is 388 g/mol. The number of allylic oxidation sites excluding steroid dienone is 1.